The Balaban J connectivity index is 1.54. The van der Waals surface area contributed by atoms with E-state index in [0.29, 0.717) is 44.0 Å². The van der Waals surface area contributed by atoms with Crippen LogP contribution in [0.5, 0.6) is 5.75 Å². The van der Waals surface area contributed by atoms with Crippen LogP contribution in [0.2, 0.25) is 0 Å². The third-order valence-electron chi connectivity index (χ3n) is 4.64. The molecule has 2 heterocycles. The average molecular weight is 356 g/mol. The highest BCUT2D eigenvalue weighted by atomic mass is 16.5. The molecule has 0 radical (unpaired) electrons. The number of ether oxygens (including phenoxy) is 1. The molecular formula is C19H24N4O3. The van der Waals surface area contributed by atoms with E-state index >= 15 is 0 Å². The Morgan fingerprint density at radius 3 is 2.54 bits per heavy atom. The van der Waals surface area contributed by atoms with E-state index < -0.39 is 0 Å². The summed E-state index contributed by atoms with van der Waals surface area (Å²) in [5.74, 6) is 0.599. The van der Waals surface area contributed by atoms with E-state index in [1.807, 2.05) is 36.2 Å². The lowest BCUT2D eigenvalue weighted by atomic mass is 10.1. The quantitative estimate of drug-likeness (QED) is 0.814. The van der Waals surface area contributed by atoms with Gasteiger partial charge in [0.05, 0.1) is 19.6 Å². The number of hydrogen-bond donors (Lipinski definition) is 0. The van der Waals surface area contributed by atoms with Gasteiger partial charge in [0.1, 0.15) is 5.75 Å². The summed E-state index contributed by atoms with van der Waals surface area (Å²) in [5, 5.41) is 4.15. The SMILES string of the molecule is COc1cccc(C(=O)N2CCN(C(=O)[C@H](C)Cn3cccn3)CC2)c1. The van der Waals surface area contributed by atoms with E-state index in [2.05, 4.69) is 5.10 Å². The van der Waals surface area contributed by atoms with Crippen LogP contribution in [0, 0.1) is 5.92 Å². The molecule has 0 spiro atoms. The molecule has 0 bridgehead atoms. The molecule has 1 atom stereocenters. The topological polar surface area (TPSA) is 67.7 Å². The number of nitrogens with zero attached hydrogens (tertiary/aromatic N) is 4. The number of carbonyl (C=O) groups excluding carboxylic acids is 2. The Morgan fingerprint density at radius 2 is 1.88 bits per heavy atom. The average Bonchev–Trinajstić information content (AvgIpc) is 3.20. The number of carbonyl (C=O) groups is 2. The first-order valence-electron chi connectivity index (χ1n) is 8.78. The van der Waals surface area contributed by atoms with E-state index in [-0.39, 0.29) is 17.7 Å². The molecule has 1 aliphatic rings. The second kappa shape index (κ2) is 8.03. The highest BCUT2D eigenvalue weighted by Gasteiger charge is 2.27. The van der Waals surface area contributed by atoms with Crippen LogP contribution in [-0.2, 0) is 11.3 Å². The van der Waals surface area contributed by atoms with E-state index in [4.69, 9.17) is 4.74 Å². The Morgan fingerprint density at radius 1 is 1.15 bits per heavy atom. The number of hydrogen-bond acceptors (Lipinski definition) is 4. The molecule has 0 aliphatic carbocycles. The minimum atomic E-state index is -0.143. The fourth-order valence-corrected chi connectivity index (χ4v) is 3.15. The van der Waals surface area contributed by atoms with Crippen molar-refractivity contribution in [2.75, 3.05) is 33.3 Å². The summed E-state index contributed by atoms with van der Waals surface area (Å²) >= 11 is 0. The van der Waals surface area contributed by atoms with Crippen LogP contribution >= 0.6 is 0 Å². The maximum Gasteiger partial charge on any atom is 0.254 e. The van der Waals surface area contributed by atoms with Gasteiger partial charge in [-0.1, -0.05) is 13.0 Å². The largest absolute Gasteiger partial charge is 0.497 e. The smallest absolute Gasteiger partial charge is 0.254 e. The number of aromatic nitrogens is 2. The third-order valence-corrected chi connectivity index (χ3v) is 4.64. The molecule has 1 aromatic heterocycles. The normalized spacial score (nSPS) is 15.6. The molecule has 0 saturated carbocycles. The Kier molecular flexibility index (Phi) is 5.55. The summed E-state index contributed by atoms with van der Waals surface area (Å²) in [7, 11) is 1.58. The molecule has 26 heavy (non-hydrogen) atoms. The number of methoxy groups -OCH3 is 1. The van der Waals surface area contributed by atoms with Crippen molar-refractivity contribution in [2.45, 2.75) is 13.5 Å². The predicted molar refractivity (Wildman–Crippen MR) is 96.9 cm³/mol. The van der Waals surface area contributed by atoms with Crippen LogP contribution in [-0.4, -0.2) is 64.7 Å². The Hall–Kier alpha value is -2.83. The lowest BCUT2D eigenvalue weighted by Crippen LogP contribution is -2.52. The number of amides is 2. The minimum Gasteiger partial charge on any atom is -0.497 e. The lowest BCUT2D eigenvalue weighted by molar-refractivity contribution is -0.137. The van der Waals surface area contributed by atoms with Crippen molar-refractivity contribution >= 4 is 11.8 Å². The Labute approximate surface area is 153 Å². The molecule has 138 valence electrons. The molecule has 1 aromatic carbocycles. The summed E-state index contributed by atoms with van der Waals surface area (Å²) in [5.41, 5.74) is 0.608. The van der Waals surface area contributed by atoms with E-state index in [1.54, 1.807) is 35.0 Å². The van der Waals surface area contributed by atoms with Gasteiger partial charge in [-0.25, -0.2) is 0 Å². The molecule has 1 fully saturated rings. The number of rotatable bonds is 5. The van der Waals surface area contributed by atoms with Gasteiger partial charge in [0.2, 0.25) is 5.91 Å². The fourth-order valence-electron chi connectivity index (χ4n) is 3.15. The van der Waals surface area contributed by atoms with Gasteiger partial charge in [-0.05, 0) is 24.3 Å². The van der Waals surface area contributed by atoms with Gasteiger partial charge in [-0.2, -0.15) is 5.10 Å². The van der Waals surface area contributed by atoms with Gasteiger partial charge in [0.15, 0.2) is 0 Å². The highest BCUT2D eigenvalue weighted by molar-refractivity contribution is 5.94. The minimum absolute atomic E-state index is 0.0272. The second-order valence-corrected chi connectivity index (χ2v) is 6.48. The van der Waals surface area contributed by atoms with Crippen LogP contribution in [0.1, 0.15) is 17.3 Å². The molecular weight excluding hydrogens is 332 g/mol. The molecule has 2 amide bonds. The molecule has 7 heteroatoms. The molecule has 1 saturated heterocycles. The van der Waals surface area contributed by atoms with Crippen LogP contribution in [0.25, 0.3) is 0 Å². The van der Waals surface area contributed by atoms with E-state index in [0.717, 1.165) is 0 Å². The van der Waals surface area contributed by atoms with Crippen molar-refractivity contribution in [3.63, 3.8) is 0 Å². The van der Waals surface area contributed by atoms with Crippen LogP contribution < -0.4 is 4.74 Å². The van der Waals surface area contributed by atoms with Crippen molar-refractivity contribution in [3.05, 3.63) is 48.3 Å². The molecule has 3 rings (SSSR count). The monoisotopic (exact) mass is 356 g/mol. The molecule has 7 nitrogen and oxygen atoms in total. The maximum atomic E-state index is 12.6. The third kappa shape index (κ3) is 4.04. The molecule has 2 aromatic rings. The lowest BCUT2D eigenvalue weighted by Gasteiger charge is -2.36. The van der Waals surface area contributed by atoms with Crippen LogP contribution in [0.3, 0.4) is 0 Å². The summed E-state index contributed by atoms with van der Waals surface area (Å²) in [4.78, 5) is 28.9. The van der Waals surface area contributed by atoms with Gasteiger partial charge >= 0.3 is 0 Å². The zero-order valence-electron chi connectivity index (χ0n) is 15.2. The predicted octanol–water partition coefficient (Wildman–Crippen LogP) is 1.51. The van der Waals surface area contributed by atoms with Crippen LogP contribution in [0.15, 0.2) is 42.7 Å². The summed E-state index contributed by atoms with van der Waals surface area (Å²) in [6.45, 7) is 4.66. The summed E-state index contributed by atoms with van der Waals surface area (Å²) < 4.78 is 6.95. The number of benzene rings is 1. The van der Waals surface area contributed by atoms with Crippen molar-refractivity contribution in [3.8, 4) is 5.75 Å². The maximum absolute atomic E-state index is 12.6. The zero-order chi connectivity index (χ0) is 18.5. The van der Waals surface area contributed by atoms with Crippen molar-refractivity contribution in [2.24, 2.45) is 5.92 Å². The van der Waals surface area contributed by atoms with E-state index in [9.17, 15) is 9.59 Å². The van der Waals surface area contributed by atoms with Gasteiger partial charge in [-0.3, -0.25) is 14.3 Å². The van der Waals surface area contributed by atoms with Gasteiger partial charge in [-0.15, -0.1) is 0 Å². The molecule has 0 unspecified atom stereocenters. The first-order valence-corrected chi connectivity index (χ1v) is 8.78. The zero-order valence-corrected chi connectivity index (χ0v) is 15.2. The first-order chi connectivity index (χ1) is 12.6. The molecule has 1 aliphatic heterocycles. The fraction of sp³-hybridized carbons (Fsp3) is 0.421. The van der Waals surface area contributed by atoms with Crippen LogP contribution in [0.4, 0.5) is 0 Å². The van der Waals surface area contributed by atoms with Gasteiger partial charge < -0.3 is 14.5 Å². The number of piperazine rings is 1. The standard InChI is InChI=1S/C19H24N4O3/c1-15(14-23-8-4-7-20-23)18(24)21-9-11-22(12-10-21)19(25)16-5-3-6-17(13-16)26-2/h3-8,13,15H,9-12,14H2,1-2H3/t15-/m1/s1. The van der Waals surface area contributed by atoms with Gasteiger partial charge in [0.25, 0.3) is 5.91 Å². The van der Waals surface area contributed by atoms with E-state index in [1.165, 1.54) is 0 Å². The highest BCUT2D eigenvalue weighted by Crippen LogP contribution is 2.16. The van der Waals surface area contributed by atoms with Crippen molar-refractivity contribution in [1.82, 2.24) is 19.6 Å². The van der Waals surface area contributed by atoms with Gasteiger partial charge in [0, 0.05) is 44.1 Å². The Bertz CT molecular complexity index is 752. The summed E-state index contributed by atoms with van der Waals surface area (Å²) in [6, 6.07) is 9.00. The van der Waals surface area contributed by atoms with Crippen molar-refractivity contribution < 1.29 is 14.3 Å². The molecule has 0 N–H and O–H groups in total. The summed E-state index contributed by atoms with van der Waals surface area (Å²) in [6.07, 6.45) is 3.56. The second-order valence-electron chi connectivity index (χ2n) is 6.48. The van der Waals surface area contributed by atoms with Crippen molar-refractivity contribution in [1.29, 1.82) is 0 Å². The first kappa shape index (κ1) is 18.0.